The van der Waals surface area contributed by atoms with E-state index >= 15 is 0 Å². The molecule has 2 heterocycles. The minimum Gasteiger partial charge on any atom is -0.493 e. The van der Waals surface area contributed by atoms with Crippen molar-refractivity contribution < 1.29 is 22.7 Å². The van der Waals surface area contributed by atoms with E-state index in [4.69, 9.17) is 16.3 Å². The predicted molar refractivity (Wildman–Crippen MR) is 149 cm³/mol. The Balaban J connectivity index is 1.43. The van der Waals surface area contributed by atoms with Crippen molar-refractivity contribution in [3.05, 3.63) is 58.1 Å². The lowest BCUT2D eigenvalue weighted by atomic mass is 9.98. The first kappa shape index (κ1) is 29.3. The molecule has 0 radical (unpaired) electrons. The Morgan fingerprint density at radius 2 is 1.92 bits per heavy atom. The van der Waals surface area contributed by atoms with Crippen molar-refractivity contribution in [1.29, 1.82) is 0 Å². The molecule has 1 saturated heterocycles. The number of fused-ring (bicyclic) bond motifs is 1. The molecule has 2 aliphatic rings. The van der Waals surface area contributed by atoms with Gasteiger partial charge in [0.15, 0.2) is 0 Å². The second kappa shape index (κ2) is 11.8. The van der Waals surface area contributed by atoms with Crippen LogP contribution in [0.1, 0.15) is 56.3 Å². The molecule has 0 aliphatic carbocycles. The van der Waals surface area contributed by atoms with E-state index in [1.807, 2.05) is 19.1 Å². The number of nitrogens with zero attached hydrogens (tertiary/aromatic N) is 1. The molecule has 10 nitrogen and oxygen atoms in total. The van der Waals surface area contributed by atoms with Gasteiger partial charge in [0.05, 0.1) is 24.0 Å². The molecule has 0 saturated carbocycles. The Hall–Kier alpha value is -2.70. The molecule has 2 aromatic rings. The quantitative estimate of drug-likeness (QED) is 0.355. The number of aryl methyl sites for hydroxylation is 1. The molecular weight excluding hydrogens is 542 g/mol. The Morgan fingerprint density at radius 3 is 2.62 bits per heavy atom. The minimum atomic E-state index is -3.97. The van der Waals surface area contributed by atoms with Gasteiger partial charge in [-0.05, 0) is 57.5 Å². The highest BCUT2D eigenvalue weighted by molar-refractivity contribution is 7.89. The molecule has 2 aromatic carbocycles. The number of halogens is 1. The number of amides is 2. The van der Waals surface area contributed by atoms with Gasteiger partial charge in [-0.1, -0.05) is 29.3 Å². The van der Waals surface area contributed by atoms with E-state index in [0.29, 0.717) is 30.3 Å². The zero-order valence-electron chi connectivity index (χ0n) is 22.6. The summed E-state index contributed by atoms with van der Waals surface area (Å²) in [7, 11) is -3.97. The van der Waals surface area contributed by atoms with Crippen LogP contribution in [0.3, 0.4) is 0 Å². The van der Waals surface area contributed by atoms with E-state index in [0.717, 1.165) is 21.0 Å². The fourth-order valence-corrected chi connectivity index (χ4v) is 6.34. The van der Waals surface area contributed by atoms with Gasteiger partial charge in [0, 0.05) is 42.2 Å². The van der Waals surface area contributed by atoms with Crippen molar-refractivity contribution in [3.8, 4) is 5.75 Å². The highest BCUT2D eigenvalue weighted by Crippen LogP contribution is 2.36. The van der Waals surface area contributed by atoms with Gasteiger partial charge in [-0.2, -0.15) is 4.31 Å². The van der Waals surface area contributed by atoms with Gasteiger partial charge < -0.3 is 15.4 Å². The SMILES string of the molecule is Cc1ccc(S(=O)(=O)N2CCNC(=O)C2CC(=O)NNC2CCOc3cc(CNC(C)(C)C)c(Cl)cc32)cc1. The summed E-state index contributed by atoms with van der Waals surface area (Å²) in [5, 5.41) is 6.67. The molecular formula is C27H36ClN5O5S. The second-order valence-corrected chi connectivity index (χ2v) is 13.2. The summed E-state index contributed by atoms with van der Waals surface area (Å²) in [6, 6.07) is 8.72. The third kappa shape index (κ3) is 7.09. The van der Waals surface area contributed by atoms with Gasteiger partial charge in [-0.3, -0.25) is 15.0 Å². The number of ether oxygens (including phenoxy) is 1. The van der Waals surface area contributed by atoms with Crippen molar-refractivity contribution >= 4 is 33.4 Å². The van der Waals surface area contributed by atoms with E-state index in [1.54, 1.807) is 12.1 Å². The van der Waals surface area contributed by atoms with Gasteiger partial charge in [0.2, 0.25) is 21.8 Å². The van der Waals surface area contributed by atoms with Crippen LogP contribution in [0.4, 0.5) is 0 Å². The van der Waals surface area contributed by atoms with E-state index in [-0.39, 0.29) is 36.0 Å². The van der Waals surface area contributed by atoms with Crippen LogP contribution in [0, 0.1) is 6.92 Å². The van der Waals surface area contributed by atoms with E-state index in [2.05, 4.69) is 42.3 Å². The van der Waals surface area contributed by atoms with Crippen LogP contribution >= 0.6 is 11.6 Å². The first-order valence-corrected chi connectivity index (χ1v) is 14.8. The Bertz CT molecular complexity index is 1330. The summed E-state index contributed by atoms with van der Waals surface area (Å²) >= 11 is 6.56. The number of sulfonamides is 1. The van der Waals surface area contributed by atoms with Gasteiger partial charge in [-0.15, -0.1) is 0 Å². The van der Waals surface area contributed by atoms with Crippen molar-refractivity contribution in [2.24, 2.45) is 0 Å². The molecule has 12 heteroatoms. The Labute approximate surface area is 234 Å². The first-order chi connectivity index (χ1) is 18.3. The van der Waals surface area contributed by atoms with Gasteiger partial charge >= 0.3 is 0 Å². The topological polar surface area (TPSA) is 129 Å². The Kier molecular flexibility index (Phi) is 8.87. The summed E-state index contributed by atoms with van der Waals surface area (Å²) < 4.78 is 33.6. The zero-order valence-corrected chi connectivity index (χ0v) is 24.2. The number of benzene rings is 2. The highest BCUT2D eigenvalue weighted by Gasteiger charge is 2.39. The molecule has 1 fully saturated rings. The molecule has 2 atom stereocenters. The molecule has 4 N–H and O–H groups in total. The molecule has 0 aromatic heterocycles. The number of hydrazine groups is 1. The van der Waals surface area contributed by atoms with Crippen LogP contribution in [0.5, 0.6) is 5.75 Å². The lowest BCUT2D eigenvalue weighted by Gasteiger charge is -2.34. The van der Waals surface area contributed by atoms with Crippen molar-refractivity contribution in [1.82, 2.24) is 25.8 Å². The van der Waals surface area contributed by atoms with E-state index in [1.165, 1.54) is 12.1 Å². The highest BCUT2D eigenvalue weighted by atomic mass is 35.5. The Morgan fingerprint density at radius 1 is 1.21 bits per heavy atom. The summed E-state index contributed by atoms with van der Waals surface area (Å²) in [4.78, 5) is 25.7. The molecule has 2 aliphatic heterocycles. The van der Waals surface area contributed by atoms with Crippen LogP contribution in [0.25, 0.3) is 0 Å². The monoisotopic (exact) mass is 577 g/mol. The molecule has 39 heavy (non-hydrogen) atoms. The molecule has 0 bridgehead atoms. The third-order valence-electron chi connectivity index (χ3n) is 6.70. The normalized spacial score (nSPS) is 20.1. The largest absolute Gasteiger partial charge is 0.493 e. The molecule has 0 spiro atoms. The lowest BCUT2D eigenvalue weighted by Crippen LogP contribution is -2.58. The molecule has 2 unspecified atom stereocenters. The summed E-state index contributed by atoms with van der Waals surface area (Å²) in [5.74, 6) is -0.330. The van der Waals surface area contributed by atoms with Crippen LogP contribution in [0.2, 0.25) is 5.02 Å². The number of hydrogen-bond donors (Lipinski definition) is 4. The summed E-state index contributed by atoms with van der Waals surface area (Å²) in [6.45, 7) is 9.37. The number of carbonyl (C=O) groups is 2. The third-order valence-corrected chi connectivity index (χ3v) is 8.98. The lowest BCUT2D eigenvalue weighted by molar-refractivity contribution is -0.132. The van der Waals surface area contributed by atoms with Gasteiger partial charge in [0.1, 0.15) is 11.8 Å². The average molecular weight is 578 g/mol. The van der Waals surface area contributed by atoms with Crippen LogP contribution in [-0.2, 0) is 26.2 Å². The number of hydrogen-bond acceptors (Lipinski definition) is 7. The number of carbonyl (C=O) groups excluding carboxylic acids is 2. The molecule has 2 amide bonds. The minimum absolute atomic E-state index is 0.0707. The molecule has 212 valence electrons. The van der Waals surface area contributed by atoms with E-state index < -0.39 is 27.9 Å². The maximum Gasteiger partial charge on any atom is 0.243 e. The van der Waals surface area contributed by atoms with Crippen molar-refractivity contribution in [2.75, 3.05) is 19.7 Å². The first-order valence-electron chi connectivity index (χ1n) is 13.0. The molecule has 4 rings (SSSR count). The van der Waals surface area contributed by atoms with Crippen LogP contribution < -0.4 is 26.2 Å². The fraction of sp³-hybridized carbons (Fsp3) is 0.481. The number of rotatable bonds is 8. The summed E-state index contributed by atoms with van der Waals surface area (Å²) in [5.41, 5.74) is 8.25. The maximum absolute atomic E-state index is 13.3. The zero-order chi connectivity index (χ0) is 28.4. The maximum atomic E-state index is 13.3. The fourth-order valence-electron chi connectivity index (χ4n) is 4.51. The average Bonchev–Trinajstić information content (AvgIpc) is 2.87. The second-order valence-electron chi connectivity index (χ2n) is 10.9. The summed E-state index contributed by atoms with van der Waals surface area (Å²) in [6.07, 6.45) is 0.249. The number of nitrogens with one attached hydrogen (secondary N) is 4. The smallest absolute Gasteiger partial charge is 0.243 e. The van der Waals surface area contributed by atoms with Gasteiger partial charge in [-0.25, -0.2) is 13.8 Å². The van der Waals surface area contributed by atoms with Crippen LogP contribution in [-0.4, -0.2) is 55.8 Å². The van der Waals surface area contributed by atoms with Gasteiger partial charge in [0.25, 0.3) is 0 Å². The van der Waals surface area contributed by atoms with Crippen molar-refractivity contribution in [3.63, 3.8) is 0 Å². The van der Waals surface area contributed by atoms with Crippen LogP contribution in [0.15, 0.2) is 41.3 Å². The standard InChI is InChI=1S/C27H36ClN5O5S/c1-17-5-7-19(8-6-17)39(36,37)33-11-10-29-26(35)23(33)15-25(34)32-31-22-9-12-38-24-13-18(16-30-27(2,3)4)21(28)14-20(22)24/h5-8,13-14,22-23,30-31H,9-12,15-16H2,1-4H3,(H,29,35)(H,32,34). The van der Waals surface area contributed by atoms with Crippen molar-refractivity contribution in [2.45, 2.75) is 69.6 Å². The number of piperazine rings is 1. The van der Waals surface area contributed by atoms with E-state index in [9.17, 15) is 18.0 Å². The predicted octanol–water partition coefficient (Wildman–Crippen LogP) is 2.56.